The number of rotatable bonds is 17. The molecule has 1 heterocycles. The molecule has 0 aromatic rings. The number of ether oxygens (including phenoxy) is 6. The van der Waals surface area contributed by atoms with E-state index in [1.165, 1.54) is 0 Å². The molecule has 6 unspecified atom stereocenters. The van der Waals surface area contributed by atoms with Gasteiger partial charge in [-0.25, -0.2) is 0 Å². The molecule has 0 aliphatic carbocycles. The summed E-state index contributed by atoms with van der Waals surface area (Å²) in [6.07, 6.45) is -8.10. The molecule has 1 rings (SSSR count). The zero-order chi connectivity index (χ0) is 23.9. The average molecular weight is 469 g/mol. The lowest BCUT2D eigenvalue weighted by Crippen LogP contribution is -2.56. The molecule has 6 atom stereocenters. The minimum absolute atomic E-state index is 0.178. The third-order valence-corrected chi connectivity index (χ3v) is 3.79. The largest absolute Gasteiger partial charge is 0.504 e. The number of nitrogens with zero attached hydrogens (tertiary/aromatic N) is 4. The van der Waals surface area contributed by atoms with Crippen molar-refractivity contribution in [2.75, 3.05) is 39.9 Å². The first-order valence-corrected chi connectivity index (χ1v) is 8.90. The second kappa shape index (κ2) is 15.4. The van der Waals surface area contributed by atoms with Crippen molar-refractivity contribution in [3.63, 3.8) is 0 Å². The topological polar surface area (TPSA) is 260 Å². The van der Waals surface area contributed by atoms with Crippen LogP contribution in [0.25, 0.3) is 0 Å². The molecule has 0 bridgehead atoms. The fourth-order valence-corrected chi connectivity index (χ4v) is 2.32. The van der Waals surface area contributed by atoms with E-state index in [1.807, 2.05) is 0 Å². The maximum Gasteiger partial charge on any atom is 0.282 e. The molecule has 32 heavy (non-hydrogen) atoms. The SMILES string of the molecule is NCCOCOC1OCC(N=O)C(OC(COC(O)C(O)=C(N=O)N=O)OCN=O)C1O. The van der Waals surface area contributed by atoms with Crippen LogP contribution in [0.4, 0.5) is 0 Å². The van der Waals surface area contributed by atoms with Crippen molar-refractivity contribution >= 4 is 0 Å². The summed E-state index contributed by atoms with van der Waals surface area (Å²) in [5.41, 5.74) is 5.27. The summed E-state index contributed by atoms with van der Waals surface area (Å²) in [5.74, 6) is -2.57. The van der Waals surface area contributed by atoms with Gasteiger partial charge in [0.05, 0.1) is 13.2 Å². The van der Waals surface area contributed by atoms with Crippen LogP contribution in [0.2, 0.25) is 0 Å². The number of aliphatic hydroxyl groups excluding tert-OH is 3. The van der Waals surface area contributed by atoms with Crippen molar-refractivity contribution in [3.05, 3.63) is 31.2 Å². The predicted molar refractivity (Wildman–Crippen MR) is 99.9 cm³/mol. The van der Waals surface area contributed by atoms with Gasteiger partial charge in [-0.15, -0.1) is 14.7 Å². The van der Waals surface area contributed by atoms with Crippen LogP contribution in [0, 0.1) is 19.6 Å². The lowest BCUT2D eigenvalue weighted by Gasteiger charge is -2.38. The van der Waals surface area contributed by atoms with E-state index in [-0.39, 0.29) is 26.6 Å². The molecule has 0 spiro atoms. The second-order valence-electron chi connectivity index (χ2n) is 5.88. The summed E-state index contributed by atoms with van der Waals surface area (Å²) in [4.78, 5) is 42.2. The molecule has 0 saturated carbocycles. The van der Waals surface area contributed by atoms with Crippen molar-refractivity contribution in [1.29, 1.82) is 0 Å². The lowest BCUT2D eigenvalue weighted by atomic mass is 10.0. The molecule has 182 valence electrons. The van der Waals surface area contributed by atoms with Crippen LogP contribution < -0.4 is 5.73 Å². The molecule has 18 nitrogen and oxygen atoms in total. The van der Waals surface area contributed by atoms with Gasteiger partial charge in [-0.1, -0.05) is 5.18 Å². The van der Waals surface area contributed by atoms with E-state index in [0.29, 0.717) is 0 Å². The van der Waals surface area contributed by atoms with Crippen LogP contribution >= 0.6 is 0 Å². The van der Waals surface area contributed by atoms with Gasteiger partial charge in [0.25, 0.3) is 5.82 Å². The molecule has 5 N–H and O–H groups in total. The second-order valence-corrected chi connectivity index (χ2v) is 5.88. The third kappa shape index (κ3) is 8.61. The van der Waals surface area contributed by atoms with E-state index >= 15 is 0 Å². The Balaban J connectivity index is 2.83. The Kier molecular flexibility index (Phi) is 13.3. The zero-order valence-corrected chi connectivity index (χ0v) is 16.5. The van der Waals surface area contributed by atoms with Crippen molar-refractivity contribution in [2.45, 2.75) is 37.1 Å². The molecule has 1 aliphatic rings. The van der Waals surface area contributed by atoms with E-state index < -0.39 is 62.0 Å². The summed E-state index contributed by atoms with van der Waals surface area (Å²) in [6.45, 7) is -1.73. The highest BCUT2D eigenvalue weighted by molar-refractivity contribution is 5.05. The Morgan fingerprint density at radius 1 is 1.19 bits per heavy atom. The highest BCUT2D eigenvalue weighted by atomic mass is 16.8. The summed E-state index contributed by atoms with van der Waals surface area (Å²) in [6, 6.07) is -1.24. The molecular formula is C14H23N5O13. The lowest BCUT2D eigenvalue weighted by molar-refractivity contribution is -0.304. The Bertz CT molecular complexity index is 628. The van der Waals surface area contributed by atoms with Gasteiger partial charge in [0, 0.05) is 6.54 Å². The smallest absolute Gasteiger partial charge is 0.282 e. The molecular weight excluding hydrogens is 446 g/mol. The van der Waals surface area contributed by atoms with E-state index in [1.54, 1.807) is 0 Å². The number of nitroso groups, excluding NO2 is 4. The number of hydrogen-bond donors (Lipinski definition) is 4. The van der Waals surface area contributed by atoms with E-state index in [9.17, 15) is 34.9 Å². The van der Waals surface area contributed by atoms with Gasteiger partial charge >= 0.3 is 0 Å². The van der Waals surface area contributed by atoms with Gasteiger partial charge in [0.2, 0.25) is 12.0 Å². The quantitative estimate of drug-likeness (QED) is 0.0847. The third-order valence-electron chi connectivity index (χ3n) is 3.79. The number of nitrogens with two attached hydrogens (primary N) is 1. The normalized spacial score (nSPS) is 24.8. The first-order valence-electron chi connectivity index (χ1n) is 8.90. The molecule has 1 saturated heterocycles. The fraction of sp³-hybridized carbons (Fsp3) is 0.857. The highest BCUT2D eigenvalue weighted by Gasteiger charge is 2.43. The molecule has 1 fully saturated rings. The van der Waals surface area contributed by atoms with Crippen LogP contribution in [0.5, 0.6) is 0 Å². The zero-order valence-electron chi connectivity index (χ0n) is 16.5. The Labute approximate surface area is 179 Å². The first-order chi connectivity index (χ1) is 15.4. The van der Waals surface area contributed by atoms with Gasteiger partial charge < -0.3 is 49.5 Å². The summed E-state index contributed by atoms with van der Waals surface area (Å²) in [5, 5.41) is 39.0. The molecule has 0 radical (unpaired) electrons. The molecule has 0 amide bonds. The molecule has 0 aromatic heterocycles. The standard InChI is InChI=1S/C14H23N5O13/c15-1-2-27-6-31-14-9(20)11(7(17-24)3-29-14)32-8(30-5-16-23)4-28-13(22)10(21)12(18-25)19-26/h7-9,11,13-14,20-22H,1-6,15H2. The van der Waals surface area contributed by atoms with Crippen LogP contribution in [-0.2, 0) is 28.4 Å². The highest BCUT2D eigenvalue weighted by Crippen LogP contribution is 2.24. The summed E-state index contributed by atoms with van der Waals surface area (Å²) < 4.78 is 30.5. The van der Waals surface area contributed by atoms with Crippen molar-refractivity contribution < 1.29 is 43.7 Å². The average Bonchev–Trinajstić information content (AvgIpc) is 2.80. The van der Waals surface area contributed by atoms with Crippen LogP contribution in [0.1, 0.15) is 0 Å². The summed E-state index contributed by atoms with van der Waals surface area (Å²) in [7, 11) is 0. The van der Waals surface area contributed by atoms with E-state index in [2.05, 4.69) is 20.7 Å². The van der Waals surface area contributed by atoms with Gasteiger partial charge in [0.1, 0.15) is 31.6 Å². The van der Waals surface area contributed by atoms with Crippen molar-refractivity contribution in [3.8, 4) is 0 Å². The van der Waals surface area contributed by atoms with E-state index in [0.717, 1.165) is 0 Å². The molecule has 18 heteroatoms. The maximum atomic E-state index is 11.1. The van der Waals surface area contributed by atoms with Gasteiger partial charge in [-0.3, -0.25) is 0 Å². The summed E-state index contributed by atoms with van der Waals surface area (Å²) >= 11 is 0. The first kappa shape index (κ1) is 27.6. The minimum atomic E-state index is -2.25. The van der Waals surface area contributed by atoms with Crippen LogP contribution in [0.3, 0.4) is 0 Å². The van der Waals surface area contributed by atoms with Crippen molar-refractivity contribution in [1.82, 2.24) is 0 Å². The number of hydrogen-bond acceptors (Lipinski definition) is 18. The minimum Gasteiger partial charge on any atom is -0.504 e. The van der Waals surface area contributed by atoms with Gasteiger partial charge in [-0.2, -0.15) is 4.91 Å². The number of aliphatic hydroxyl groups is 3. The van der Waals surface area contributed by atoms with E-state index in [4.69, 9.17) is 34.2 Å². The molecule has 1 aliphatic heterocycles. The Morgan fingerprint density at radius 3 is 2.50 bits per heavy atom. The Hall–Kier alpha value is -2.42. The van der Waals surface area contributed by atoms with Crippen molar-refractivity contribution in [2.24, 2.45) is 26.4 Å². The fourth-order valence-electron chi connectivity index (χ4n) is 2.32. The molecule has 0 aromatic carbocycles. The predicted octanol–water partition coefficient (Wildman–Crippen LogP) is -1.17. The van der Waals surface area contributed by atoms with Gasteiger partial charge in [-0.05, 0) is 15.5 Å². The van der Waals surface area contributed by atoms with Gasteiger partial charge in [0.15, 0.2) is 19.3 Å². The van der Waals surface area contributed by atoms with Crippen LogP contribution in [0.15, 0.2) is 32.3 Å². The maximum absolute atomic E-state index is 11.1. The Morgan fingerprint density at radius 2 is 1.91 bits per heavy atom. The van der Waals surface area contributed by atoms with Crippen LogP contribution in [-0.4, -0.2) is 92.3 Å². The monoisotopic (exact) mass is 469 g/mol.